The highest BCUT2D eigenvalue weighted by Gasteiger charge is 2.27. The van der Waals surface area contributed by atoms with Crippen LogP contribution in [0.4, 0.5) is 0 Å². The van der Waals surface area contributed by atoms with Crippen LogP contribution in [0.2, 0.25) is 0 Å². The summed E-state index contributed by atoms with van der Waals surface area (Å²) in [6.45, 7) is 7.91. The molecule has 0 saturated heterocycles. The smallest absolute Gasteiger partial charge is 0.164 e. The van der Waals surface area contributed by atoms with E-state index in [4.69, 9.17) is 4.74 Å². The molecule has 0 heterocycles. The molecule has 0 aromatic rings. The lowest BCUT2D eigenvalue weighted by Crippen LogP contribution is -2.34. The maximum Gasteiger partial charge on any atom is 0.164 e. The van der Waals surface area contributed by atoms with Gasteiger partial charge >= 0.3 is 0 Å². The fourth-order valence-electron chi connectivity index (χ4n) is 1.20. The second-order valence-electron chi connectivity index (χ2n) is 4.02. The minimum absolute atomic E-state index is 0.212. The lowest BCUT2D eigenvalue weighted by molar-refractivity contribution is -0.138. The number of ether oxygens (including phenoxy) is 1. The predicted octanol–water partition coefficient (Wildman–Crippen LogP) is 2.81. The third kappa shape index (κ3) is 3.90. The van der Waals surface area contributed by atoms with Crippen LogP contribution in [0.1, 0.15) is 47.0 Å². The van der Waals surface area contributed by atoms with E-state index in [2.05, 4.69) is 13.8 Å². The molecule has 0 atom stereocenters. The zero-order chi connectivity index (χ0) is 10.5. The molecule has 2 heteroatoms. The van der Waals surface area contributed by atoms with Crippen molar-refractivity contribution in [1.29, 1.82) is 0 Å². The fourth-order valence-corrected chi connectivity index (χ4v) is 1.20. The SMILES string of the molecule is CCC(CC)CC(=O)C(C)(C)OC. The van der Waals surface area contributed by atoms with Crippen LogP contribution in [0.15, 0.2) is 0 Å². The van der Waals surface area contributed by atoms with E-state index in [1.54, 1.807) is 7.11 Å². The first-order chi connectivity index (χ1) is 5.97. The van der Waals surface area contributed by atoms with Crippen LogP contribution in [-0.2, 0) is 9.53 Å². The number of hydrogen-bond donors (Lipinski definition) is 0. The highest BCUT2D eigenvalue weighted by Crippen LogP contribution is 2.19. The monoisotopic (exact) mass is 186 g/mol. The third-order valence-corrected chi connectivity index (χ3v) is 2.81. The maximum absolute atomic E-state index is 11.7. The molecule has 0 fully saturated rings. The van der Waals surface area contributed by atoms with Crippen molar-refractivity contribution >= 4 is 5.78 Å². The average molecular weight is 186 g/mol. The molecule has 13 heavy (non-hydrogen) atoms. The average Bonchev–Trinajstić information content (AvgIpc) is 2.13. The Morgan fingerprint density at radius 3 is 2.08 bits per heavy atom. The Kier molecular flexibility index (Phi) is 5.23. The van der Waals surface area contributed by atoms with E-state index in [9.17, 15) is 4.79 Å². The van der Waals surface area contributed by atoms with Crippen LogP contribution < -0.4 is 0 Å². The fraction of sp³-hybridized carbons (Fsp3) is 0.909. The molecule has 0 aromatic heterocycles. The molecular formula is C11H22O2. The Morgan fingerprint density at radius 1 is 1.31 bits per heavy atom. The molecule has 0 aliphatic carbocycles. The van der Waals surface area contributed by atoms with Crippen molar-refractivity contribution in [3.63, 3.8) is 0 Å². The number of methoxy groups -OCH3 is 1. The Morgan fingerprint density at radius 2 is 1.77 bits per heavy atom. The highest BCUT2D eigenvalue weighted by molar-refractivity contribution is 5.86. The Bertz CT molecular complexity index is 157. The van der Waals surface area contributed by atoms with E-state index in [0.29, 0.717) is 12.3 Å². The summed E-state index contributed by atoms with van der Waals surface area (Å²) in [5.74, 6) is 0.727. The van der Waals surface area contributed by atoms with Crippen LogP contribution in [0.3, 0.4) is 0 Å². The molecule has 0 N–H and O–H groups in total. The molecule has 0 saturated carbocycles. The summed E-state index contributed by atoms with van der Waals surface area (Å²) in [5.41, 5.74) is -0.609. The van der Waals surface area contributed by atoms with E-state index >= 15 is 0 Å². The van der Waals surface area contributed by atoms with E-state index in [-0.39, 0.29) is 5.78 Å². The van der Waals surface area contributed by atoms with Gasteiger partial charge in [-0.2, -0.15) is 0 Å². The quantitative estimate of drug-likeness (QED) is 0.637. The summed E-state index contributed by atoms with van der Waals surface area (Å²) in [4.78, 5) is 11.7. The number of hydrogen-bond acceptors (Lipinski definition) is 2. The Hall–Kier alpha value is -0.370. The largest absolute Gasteiger partial charge is 0.371 e. The van der Waals surface area contributed by atoms with E-state index in [0.717, 1.165) is 12.8 Å². The van der Waals surface area contributed by atoms with Crippen molar-refractivity contribution in [2.24, 2.45) is 5.92 Å². The molecule has 78 valence electrons. The van der Waals surface area contributed by atoms with Crippen LogP contribution in [0, 0.1) is 5.92 Å². The molecule has 0 aromatic carbocycles. The van der Waals surface area contributed by atoms with Gasteiger partial charge in [-0.3, -0.25) is 4.79 Å². The van der Waals surface area contributed by atoms with Crippen molar-refractivity contribution < 1.29 is 9.53 Å². The summed E-state index contributed by atoms with van der Waals surface area (Å²) in [5, 5.41) is 0. The van der Waals surface area contributed by atoms with Gasteiger partial charge in [0.15, 0.2) is 5.78 Å². The van der Waals surface area contributed by atoms with Gasteiger partial charge in [0.25, 0.3) is 0 Å². The van der Waals surface area contributed by atoms with Gasteiger partial charge in [0.05, 0.1) is 0 Å². The normalized spacial score (nSPS) is 12.2. The molecular weight excluding hydrogens is 164 g/mol. The number of carbonyl (C=O) groups is 1. The third-order valence-electron chi connectivity index (χ3n) is 2.81. The van der Waals surface area contributed by atoms with Gasteiger partial charge in [-0.1, -0.05) is 26.7 Å². The van der Waals surface area contributed by atoms with Crippen LogP contribution in [-0.4, -0.2) is 18.5 Å². The van der Waals surface area contributed by atoms with E-state index in [1.807, 2.05) is 13.8 Å². The second-order valence-corrected chi connectivity index (χ2v) is 4.02. The summed E-state index contributed by atoms with van der Waals surface area (Å²) < 4.78 is 5.14. The van der Waals surface area contributed by atoms with Crippen LogP contribution >= 0.6 is 0 Å². The molecule has 0 unspecified atom stereocenters. The molecule has 2 nitrogen and oxygen atoms in total. The zero-order valence-electron chi connectivity index (χ0n) is 9.52. The number of carbonyl (C=O) groups excluding carboxylic acids is 1. The van der Waals surface area contributed by atoms with Gasteiger partial charge in [-0.15, -0.1) is 0 Å². The first-order valence-corrected chi connectivity index (χ1v) is 5.06. The topological polar surface area (TPSA) is 26.3 Å². The molecule has 0 bridgehead atoms. The summed E-state index contributed by atoms with van der Waals surface area (Å²) in [6.07, 6.45) is 2.79. The maximum atomic E-state index is 11.7. The number of Topliss-reactive ketones (excluding diaryl/α,β-unsaturated/α-hetero) is 1. The molecule has 0 rings (SSSR count). The van der Waals surface area contributed by atoms with E-state index < -0.39 is 5.60 Å². The second kappa shape index (κ2) is 5.38. The summed E-state index contributed by atoms with van der Waals surface area (Å²) >= 11 is 0. The van der Waals surface area contributed by atoms with Crippen molar-refractivity contribution in [3.05, 3.63) is 0 Å². The molecule has 0 radical (unpaired) electrons. The van der Waals surface area contributed by atoms with Gasteiger partial charge in [-0.25, -0.2) is 0 Å². The van der Waals surface area contributed by atoms with Gasteiger partial charge in [0, 0.05) is 13.5 Å². The van der Waals surface area contributed by atoms with Crippen molar-refractivity contribution in [2.75, 3.05) is 7.11 Å². The summed E-state index contributed by atoms with van der Waals surface area (Å²) in [7, 11) is 1.59. The van der Waals surface area contributed by atoms with Gasteiger partial charge in [0.2, 0.25) is 0 Å². The molecule has 0 spiro atoms. The molecule has 0 aliphatic heterocycles. The minimum Gasteiger partial charge on any atom is -0.371 e. The van der Waals surface area contributed by atoms with Crippen molar-refractivity contribution in [1.82, 2.24) is 0 Å². The van der Waals surface area contributed by atoms with Crippen LogP contribution in [0.25, 0.3) is 0 Å². The summed E-state index contributed by atoms with van der Waals surface area (Å²) in [6, 6.07) is 0. The van der Waals surface area contributed by atoms with Gasteiger partial charge in [0.1, 0.15) is 5.60 Å². The predicted molar refractivity (Wildman–Crippen MR) is 54.8 cm³/mol. The Labute approximate surface area is 81.7 Å². The first-order valence-electron chi connectivity index (χ1n) is 5.06. The zero-order valence-corrected chi connectivity index (χ0v) is 9.52. The number of rotatable bonds is 6. The highest BCUT2D eigenvalue weighted by atomic mass is 16.5. The first kappa shape index (κ1) is 12.6. The molecule has 0 amide bonds. The Balaban J connectivity index is 4.13. The number of ketones is 1. The van der Waals surface area contributed by atoms with Crippen molar-refractivity contribution in [2.45, 2.75) is 52.6 Å². The standard InChI is InChI=1S/C11H22O2/c1-6-9(7-2)8-10(12)11(3,4)13-5/h9H,6-8H2,1-5H3. The molecule has 0 aliphatic rings. The van der Waals surface area contributed by atoms with E-state index in [1.165, 1.54) is 0 Å². The lowest BCUT2D eigenvalue weighted by Gasteiger charge is -2.23. The minimum atomic E-state index is -0.609. The van der Waals surface area contributed by atoms with Gasteiger partial charge in [-0.05, 0) is 19.8 Å². The van der Waals surface area contributed by atoms with Crippen LogP contribution in [0.5, 0.6) is 0 Å². The van der Waals surface area contributed by atoms with Gasteiger partial charge < -0.3 is 4.74 Å². The lowest BCUT2D eigenvalue weighted by atomic mass is 9.90. The van der Waals surface area contributed by atoms with Crippen molar-refractivity contribution in [3.8, 4) is 0 Å².